The highest BCUT2D eigenvalue weighted by molar-refractivity contribution is 7.91. The van der Waals surface area contributed by atoms with E-state index < -0.39 is 9.84 Å². The van der Waals surface area contributed by atoms with E-state index in [1.807, 2.05) is 31.4 Å². The van der Waals surface area contributed by atoms with Gasteiger partial charge in [0, 0.05) is 44.3 Å². The maximum absolute atomic E-state index is 13.5. The summed E-state index contributed by atoms with van der Waals surface area (Å²) < 4.78 is 36.7. The van der Waals surface area contributed by atoms with Crippen molar-refractivity contribution in [3.05, 3.63) is 66.6 Å². The predicted molar refractivity (Wildman–Crippen MR) is 172 cm³/mol. The van der Waals surface area contributed by atoms with Crippen LogP contribution in [0.5, 0.6) is 0 Å². The first-order chi connectivity index (χ1) is 21.3. The molecule has 0 radical (unpaired) electrons. The van der Waals surface area contributed by atoms with Crippen molar-refractivity contribution in [3.63, 3.8) is 0 Å². The van der Waals surface area contributed by atoms with Gasteiger partial charge in [0.1, 0.15) is 16.4 Å². The van der Waals surface area contributed by atoms with Crippen LogP contribution < -0.4 is 5.32 Å². The van der Waals surface area contributed by atoms with Gasteiger partial charge < -0.3 is 14.6 Å². The van der Waals surface area contributed by atoms with Gasteiger partial charge in [0.15, 0.2) is 9.84 Å². The van der Waals surface area contributed by atoms with Crippen LogP contribution in [0.4, 0.5) is 5.82 Å². The van der Waals surface area contributed by atoms with E-state index in [0.29, 0.717) is 41.7 Å². The molecule has 2 aliphatic rings. The highest BCUT2D eigenvalue weighted by atomic mass is 32.2. The maximum Gasteiger partial charge on any atom is 0.179 e. The molecule has 1 aliphatic carbocycles. The van der Waals surface area contributed by atoms with Crippen LogP contribution in [0.1, 0.15) is 49.9 Å². The van der Waals surface area contributed by atoms with Crippen molar-refractivity contribution in [2.45, 2.75) is 49.6 Å². The zero-order valence-electron chi connectivity index (χ0n) is 25.3. The summed E-state index contributed by atoms with van der Waals surface area (Å²) in [6.45, 7) is 7.42. The van der Waals surface area contributed by atoms with Crippen LogP contribution in [-0.2, 0) is 21.6 Å². The van der Waals surface area contributed by atoms with Gasteiger partial charge in [0.2, 0.25) is 0 Å². The number of aryl methyl sites for hydroxylation is 1. The van der Waals surface area contributed by atoms with Crippen LogP contribution in [0.2, 0.25) is 0 Å². The minimum atomic E-state index is -3.67. The Kier molecular flexibility index (Phi) is 7.25. The molecule has 2 fully saturated rings. The molecular weight excluding hydrogens is 574 g/mol. The second kappa shape index (κ2) is 11.1. The zero-order chi connectivity index (χ0) is 30.6. The van der Waals surface area contributed by atoms with E-state index in [1.54, 1.807) is 10.8 Å². The molecule has 1 saturated carbocycles. The van der Waals surface area contributed by atoms with Gasteiger partial charge in [-0.25, -0.2) is 18.1 Å². The van der Waals surface area contributed by atoms with E-state index >= 15 is 0 Å². The van der Waals surface area contributed by atoms with Crippen molar-refractivity contribution in [2.75, 3.05) is 24.8 Å². The molecule has 1 aliphatic heterocycles. The number of rotatable bonds is 9. The lowest BCUT2D eigenvalue weighted by Crippen LogP contribution is -2.27. The number of anilines is 1. The van der Waals surface area contributed by atoms with Crippen molar-refractivity contribution in [2.24, 2.45) is 18.9 Å². The number of pyridine rings is 2. The van der Waals surface area contributed by atoms with E-state index in [4.69, 9.17) is 14.7 Å². The van der Waals surface area contributed by atoms with E-state index in [2.05, 4.69) is 51.9 Å². The Morgan fingerprint density at radius 3 is 2.50 bits per heavy atom. The van der Waals surface area contributed by atoms with Crippen molar-refractivity contribution in [1.82, 2.24) is 29.5 Å². The third kappa shape index (κ3) is 4.97. The summed E-state index contributed by atoms with van der Waals surface area (Å²) in [6, 6.07) is 12.5. The molecule has 10 nitrogen and oxygen atoms in total. The number of benzene rings is 1. The Labute approximate surface area is 257 Å². The third-order valence-electron chi connectivity index (χ3n) is 9.17. The van der Waals surface area contributed by atoms with Gasteiger partial charge in [-0.15, -0.1) is 5.10 Å². The lowest BCUT2D eigenvalue weighted by atomic mass is 9.86. The summed E-state index contributed by atoms with van der Waals surface area (Å²) >= 11 is 0. The van der Waals surface area contributed by atoms with E-state index in [0.717, 1.165) is 40.6 Å². The summed E-state index contributed by atoms with van der Waals surface area (Å²) in [4.78, 5) is 9.99. The molecule has 0 bridgehead atoms. The van der Waals surface area contributed by atoms with Gasteiger partial charge >= 0.3 is 0 Å². The third-order valence-corrected chi connectivity index (χ3v) is 10.3. The van der Waals surface area contributed by atoms with Gasteiger partial charge in [0.05, 0.1) is 39.9 Å². The first-order valence-corrected chi connectivity index (χ1v) is 17.1. The van der Waals surface area contributed by atoms with Crippen LogP contribution >= 0.6 is 0 Å². The molecule has 5 heterocycles. The number of aromatic nitrogens is 6. The quantitative estimate of drug-likeness (QED) is 0.227. The standard InChI is InChI=1S/C33H37N7O3S/c1-5-25-31(39(3)38-37-25)24-17-26-29(34-18-24)28-32(27(44(4,41)42)19-35-33(28)36-20(2)21-11-12-21)40(26)30(22-9-7-6-8-10-22)23-13-15-43-16-14-23/h5-10,17-21,23,30H,1,11-16H2,2-4H3,(H,35,36)/t20-,30+/m0/s1. The normalized spacial score (nSPS) is 17.6. The number of nitrogens with one attached hydrogen (secondary N) is 1. The smallest absolute Gasteiger partial charge is 0.179 e. The lowest BCUT2D eigenvalue weighted by molar-refractivity contribution is 0.0552. The zero-order valence-corrected chi connectivity index (χ0v) is 26.1. The molecule has 0 amide bonds. The number of nitrogens with zero attached hydrogens (tertiary/aromatic N) is 6. The number of fused-ring (bicyclic) bond motifs is 3. The monoisotopic (exact) mass is 611 g/mol. The molecular formula is C33H37N7O3S. The first-order valence-electron chi connectivity index (χ1n) is 15.2. The molecule has 1 N–H and O–H groups in total. The Morgan fingerprint density at radius 1 is 1.07 bits per heavy atom. The van der Waals surface area contributed by atoms with Crippen LogP contribution in [0.25, 0.3) is 39.3 Å². The average molecular weight is 612 g/mol. The number of ether oxygens (including phenoxy) is 1. The van der Waals surface area contributed by atoms with E-state index in [1.165, 1.54) is 25.3 Å². The molecule has 2 atom stereocenters. The second-order valence-corrected chi connectivity index (χ2v) is 14.1. The summed E-state index contributed by atoms with van der Waals surface area (Å²) in [5.41, 5.74) is 5.52. The largest absolute Gasteiger partial charge is 0.381 e. The van der Waals surface area contributed by atoms with Gasteiger partial charge in [-0.1, -0.05) is 42.1 Å². The summed E-state index contributed by atoms with van der Waals surface area (Å²) in [5.74, 6) is 1.44. The summed E-state index contributed by atoms with van der Waals surface area (Å²) in [5, 5.41) is 12.9. The summed E-state index contributed by atoms with van der Waals surface area (Å²) in [7, 11) is -1.82. The van der Waals surface area contributed by atoms with E-state index in [-0.39, 0.29) is 22.9 Å². The lowest BCUT2D eigenvalue weighted by Gasteiger charge is -2.33. The number of sulfone groups is 1. The molecule has 228 valence electrons. The Balaban J connectivity index is 1.61. The fourth-order valence-electron chi connectivity index (χ4n) is 6.79. The molecule has 5 aromatic rings. The van der Waals surface area contributed by atoms with Crippen LogP contribution in [0.3, 0.4) is 0 Å². The maximum atomic E-state index is 13.5. The van der Waals surface area contributed by atoms with Crippen molar-refractivity contribution >= 4 is 43.7 Å². The Hall–Kier alpha value is -4.09. The van der Waals surface area contributed by atoms with Crippen LogP contribution in [0.15, 0.2) is 60.3 Å². The van der Waals surface area contributed by atoms with E-state index in [9.17, 15) is 8.42 Å². The first kappa shape index (κ1) is 28.7. The molecule has 0 spiro atoms. The van der Waals surface area contributed by atoms with Gasteiger partial charge in [0.25, 0.3) is 0 Å². The van der Waals surface area contributed by atoms with Gasteiger partial charge in [-0.3, -0.25) is 4.98 Å². The predicted octanol–water partition coefficient (Wildman–Crippen LogP) is 5.65. The molecule has 1 aromatic carbocycles. The number of hydrogen-bond acceptors (Lipinski definition) is 8. The van der Waals surface area contributed by atoms with Crippen LogP contribution in [-0.4, -0.2) is 63.5 Å². The molecule has 11 heteroatoms. The minimum Gasteiger partial charge on any atom is -0.381 e. The van der Waals surface area contributed by atoms with Crippen molar-refractivity contribution in [3.8, 4) is 11.3 Å². The average Bonchev–Trinajstić information content (AvgIpc) is 3.74. The summed E-state index contributed by atoms with van der Waals surface area (Å²) in [6.07, 6.45) is 10.3. The van der Waals surface area contributed by atoms with Gasteiger partial charge in [-0.2, -0.15) is 0 Å². The fourth-order valence-corrected chi connectivity index (χ4v) is 7.58. The fraction of sp³-hybridized carbons (Fsp3) is 0.394. The second-order valence-electron chi connectivity index (χ2n) is 12.2. The molecule has 4 aromatic heterocycles. The Morgan fingerprint density at radius 2 is 1.82 bits per heavy atom. The Bertz CT molecular complexity index is 1970. The van der Waals surface area contributed by atoms with Gasteiger partial charge in [-0.05, 0) is 62.1 Å². The molecule has 7 rings (SSSR count). The SMILES string of the molecule is C=Cc1nnn(C)c1-c1cnc2c3c(N[C@@H](C)C4CC4)ncc(S(C)(=O)=O)c3n([C@H](c3ccccc3)C3CCOCC3)c2c1. The number of hydrogen-bond donors (Lipinski definition) is 1. The topological polar surface area (TPSA) is 117 Å². The highest BCUT2D eigenvalue weighted by Crippen LogP contribution is 2.45. The molecule has 1 saturated heterocycles. The van der Waals surface area contributed by atoms with Crippen molar-refractivity contribution in [1.29, 1.82) is 0 Å². The van der Waals surface area contributed by atoms with Crippen molar-refractivity contribution < 1.29 is 13.2 Å². The van der Waals surface area contributed by atoms with Crippen LogP contribution in [0, 0.1) is 11.8 Å². The minimum absolute atomic E-state index is 0.169. The molecule has 44 heavy (non-hydrogen) atoms. The molecule has 0 unspecified atom stereocenters. The highest BCUT2D eigenvalue weighted by Gasteiger charge is 2.35.